The standard InChI is InChI=1S/C17H21N3O3/c1-11-2-4-13(5-3-11)20-15(21)10-14(17(20)23)19-8-6-12(7-9-19)16(18)22/h2-5,12,14H,6-10H2,1H3,(H2,18,22)/p+1. The van der Waals surface area contributed by atoms with E-state index in [1.54, 1.807) is 0 Å². The molecule has 2 saturated heterocycles. The van der Waals surface area contributed by atoms with Crippen molar-refractivity contribution >= 4 is 23.4 Å². The number of piperidine rings is 1. The number of carbonyl (C=O) groups excluding carboxylic acids is 3. The first kappa shape index (κ1) is 15.7. The van der Waals surface area contributed by atoms with Gasteiger partial charge in [0.2, 0.25) is 11.8 Å². The first-order valence-electron chi connectivity index (χ1n) is 8.04. The molecule has 0 saturated carbocycles. The zero-order valence-corrected chi connectivity index (χ0v) is 13.2. The molecule has 2 heterocycles. The summed E-state index contributed by atoms with van der Waals surface area (Å²) >= 11 is 0. The van der Waals surface area contributed by atoms with E-state index in [2.05, 4.69) is 0 Å². The van der Waals surface area contributed by atoms with Crippen LogP contribution in [0.15, 0.2) is 24.3 Å². The second-order valence-corrected chi connectivity index (χ2v) is 6.49. The molecular weight excluding hydrogens is 294 g/mol. The van der Waals surface area contributed by atoms with Crippen LogP contribution in [-0.4, -0.2) is 36.9 Å². The molecule has 3 rings (SSSR count). The number of primary amides is 1. The number of likely N-dealkylation sites (tertiary alicyclic amines) is 1. The van der Waals surface area contributed by atoms with Gasteiger partial charge in [0.15, 0.2) is 6.04 Å². The summed E-state index contributed by atoms with van der Waals surface area (Å²) < 4.78 is 0. The minimum atomic E-state index is -0.336. The van der Waals surface area contributed by atoms with Gasteiger partial charge in [0.1, 0.15) is 0 Å². The number of hydrogen-bond donors (Lipinski definition) is 2. The molecule has 3 N–H and O–H groups in total. The van der Waals surface area contributed by atoms with Crippen molar-refractivity contribution in [2.24, 2.45) is 11.7 Å². The highest BCUT2D eigenvalue weighted by atomic mass is 16.2. The number of anilines is 1. The molecule has 0 spiro atoms. The average molecular weight is 316 g/mol. The molecule has 122 valence electrons. The zero-order chi connectivity index (χ0) is 16.6. The summed E-state index contributed by atoms with van der Waals surface area (Å²) in [5, 5.41) is 0. The normalized spacial score (nSPS) is 28.2. The van der Waals surface area contributed by atoms with Gasteiger partial charge in [0.05, 0.1) is 25.2 Å². The maximum Gasteiger partial charge on any atom is 0.292 e. The number of amides is 3. The first-order valence-corrected chi connectivity index (χ1v) is 8.04. The monoisotopic (exact) mass is 316 g/mol. The lowest BCUT2D eigenvalue weighted by Crippen LogP contribution is -3.17. The minimum absolute atomic E-state index is 0.0980. The molecule has 2 fully saturated rings. The van der Waals surface area contributed by atoms with Crippen molar-refractivity contribution in [2.75, 3.05) is 18.0 Å². The first-order chi connectivity index (χ1) is 11.0. The Morgan fingerprint density at radius 1 is 1.17 bits per heavy atom. The Labute approximate surface area is 135 Å². The molecule has 2 aliphatic heterocycles. The Hall–Kier alpha value is -2.21. The van der Waals surface area contributed by atoms with Crippen LogP contribution in [0.2, 0.25) is 0 Å². The number of nitrogens with one attached hydrogen (secondary N) is 1. The zero-order valence-electron chi connectivity index (χ0n) is 13.2. The van der Waals surface area contributed by atoms with E-state index in [0.29, 0.717) is 31.6 Å². The van der Waals surface area contributed by atoms with Crippen LogP contribution in [0.4, 0.5) is 5.69 Å². The molecule has 1 unspecified atom stereocenters. The average Bonchev–Trinajstić information content (AvgIpc) is 2.83. The van der Waals surface area contributed by atoms with Crippen LogP contribution < -0.4 is 15.5 Å². The van der Waals surface area contributed by atoms with E-state index in [1.807, 2.05) is 31.2 Å². The summed E-state index contributed by atoms with van der Waals surface area (Å²) in [5.41, 5.74) is 7.07. The van der Waals surface area contributed by atoms with Crippen LogP contribution in [0, 0.1) is 12.8 Å². The van der Waals surface area contributed by atoms with E-state index in [-0.39, 0.29) is 36.1 Å². The van der Waals surface area contributed by atoms with Crippen molar-refractivity contribution in [1.82, 2.24) is 0 Å². The van der Waals surface area contributed by atoms with Gasteiger partial charge in [0, 0.05) is 18.8 Å². The third kappa shape index (κ3) is 2.99. The summed E-state index contributed by atoms with van der Waals surface area (Å²) in [6.45, 7) is 3.38. The van der Waals surface area contributed by atoms with Crippen molar-refractivity contribution in [2.45, 2.75) is 32.2 Å². The summed E-state index contributed by atoms with van der Waals surface area (Å²) in [6, 6.07) is 7.07. The van der Waals surface area contributed by atoms with Crippen LogP contribution in [0.25, 0.3) is 0 Å². The number of nitrogens with zero attached hydrogens (tertiary/aromatic N) is 1. The van der Waals surface area contributed by atoms with Gasteiger partial charge in [-0.1, -0.05) is 17.7 Å². The second kappa shape index (κ2) is 6.12. The number of aryl methyl sites for hydroxylation is 1. The smallest absolute Gasteiger partial charge is 0.292 e. The number of imide groups is 1. The Kier molecular flexibility index (Phi) is 4.17. The Morgan fingerprint density at radius 2 is 1.78 bits per heavy atom. The lowest BCUT2D eigenvalue weighted by atomic mass is 9.95. The molecule has 0 bridgehead atoms. The van der Waals surface area contributed by atoms with E-state index >= 15 is 0 Å². The summed E-state index contributed by atoms with van der Waals surface area (Å²) in [4.78, 5) is 38.7. The number of hydrogen-bond acceptors (Lipinski definition) is 3. The van der Waals surface area contributed by atoms with Gasteiger partial charge in [-0.3, -0.25) is 14.4 Å². The number of benzene rings is 1. The molecule has 2 aliphatic rings. The Morgan fingerprint density at radius 3 is 2.35 bits per heavy atom. The molecule has 23 heavy (non-hydrogen) atoms. The topological polar surface area (TPSA) is 84.9 Å². The second-order valence-electron chi connectivity index (χ2n) is 6.49. The Balaban J connectivity index is 1.72. The highest BCUT2D eigenvalue weighted by Gasteiger charge is 2.46. The van der Waals surface area contributed by atoms with E-state index in [1.165, 1.54) is 4.90 Å². The molecular formula is C17H22N3O3+. The van der Waals surface area contributed by atoms with Gasteiger partial charge in [0.25, 0.3) is 5.91 Å². The maximum absolute atomic E-state index is 12.7. The number of quaternary nitrogens is 1. The minimum Gasteiger partial charge on any atom is -0.369 e. The molecule has 0 aliphatic carbocycles. The molecule has 0 aromatic heterocycles. The maximum atomic E-state index is 12.7. The lowest BCUT2D eigenvalue weighted by molar-refractivity contribution is -0.920. The molecule has 6 nitrogen and oxygen atoms in total. The predicted octanol–water partition coefficient (Wildman–Crippen LogP) is -0.593. The van der Waals surface area contributed by atoms with Gasteiger partial charge < -0.3 is 10.6 Å². The van der Waals surface area contributed by atoms with Gasteiger partial charge >= 0.3 is 0 Å². The largest absolute Gasteiger partial charge is 0.369 e. The molecule has 6 heteroatoms. The van der Waals surface area contributed by atoms with E-state index in [9.17, 15) is 14.4 Å². The van der Waals surface area contributed by atoms with Gasteiger partial charge in [-0.25, -0.2) is 4.90 Å². The summed E-state index contributed by atoms with van der Waals surface area (Å²) in [5.74, 6) is -0.641. The van der Waals surface area contributed by atoms with Crippen molar-refractivity contribution in [3.05, 3.63) is 29.8 Å². The van der Waals surface area contributed by atoms with Crippen LogP contribution in [0.1, 0.15) is 24.8 Å². The fourth-order valence-electron chi connectivity index (χ4n) is 3.54. The third-order valence-corrected chi connectivity index (χ3v) is 4.96. The molecule has 0 radical (unpaired) electrons. The molecule has 1 aromatic carbocycles. The van der Waals surface area contributed by atoms with E-state index in [4.69, 9.17) is 5.73 Å². The lowest BCUT2D eigenvalue weighted by Gasteiger charge is -2.30. The predicted molar refractivity (Wildman–Crippen MR) is 84.7 cm³/mol. The van der Waals surface area contributed by atoms with Gasteiger partial charge in [-0.05, 0) is 19.1 Å². The molecule has 3 amide bonds. The van der Waals surface area contributed by atoms with E-state index in [0.717, 1.165) is 10.5 Å². The van der Waals surface area contributed by atoms with Crippen LogP contribution in [0.5, 0.6) is 0 Å². The number of rotatable bonds is 3. The summed E-state index contributed by atoms with van der Waals surface area (Å²) in [6.07, 6.45) is 1.61. The van der Waals surface area contributed by atoms with Gasteiger partial charge in [-0.2, -0.15) is 0 Å². The van der Waals surface area contributed by atoms with Crippen LogP contribution in [-0.2, 0) is 14.4 Å². The van der Waals surface area contributed by atoms with Gasteiger partial charge in [-0.15, -0.1) is 0 Å². The van der Waals surface area contributed by atoms with Crippen LogP contribution >= 0.6 is 0 Å². The fourth-order valence-corrected chi connectivity index (χ4v) is 3.54. The quantitative estimate of drug-likeness (QED) is 0.731. The third-order valence-electron chi connectivity index (χ3n) is 4.96. The van der Waals surface area contributed by atoms with Crippen molar-refractivity contribution in [3.63, 3.8) is 0 Å². The van der Waals surface area contributed by atoms with Crippen molar-refractivity contribution in [3.8, 4) is 0 Å². The number of carbonyl (C=O) groups is 3. The fraction of sp³-hybridized carbons (Fsp3) is 0.471. The Bertz CT molecular complexity index is 633. The highest BCUT2D eigenvalue weighted by Crippen LogP contribution is 2.22. The summed E-state index contributed by atoms with van der Waals surface area (Å²) in [7, 11) is 0. The van der Waals surface area contributed by atoms with Crippen molar-refractivity contribution < 1.29 is 19.3 Å². The van der Waals surface area contributed by atoms with E-state index < -0.39 is 0 Å². The molecule has 1 aromatic rings. The number of nitrogens with two attached hydrogens (primary N) is 1. The highest BCUT2D eigenvalue weighted by molar-refractivity contribution is 6.21. The molecule has 1 atom stereocenters. The van der Waals surface area contributed by atoms with Crippen LogP contribution in [0.3, 0.4) is 0 Å². The van der Waals surface area contributed by atoms with Crippen molar-refractivity contribution in [1.29, 1.82) is 0 Å². The SMILES string of the molecule is Cc1ccc(N2C(=O)CC([NH+]3CCC(C(N)=O)CC3)C2=O)cc1.